The summed E-state index contributed by atoms with van der Waals surface area (Å²) in [5.41, 5.74) is 0. The first kappa shape index (κ1) is 18.1. The van der Waals surface area contributed by atoms with Crippen LogP contribution in [0.4, 0.5) is 0 Å². The number of carbonyl (C=O) groups is 1. The van der Waals surface area contributed by atoms with E-state index in [1.165, 1.54) is 31.0 Å². The Morgan fingerprint density at radius 1 is 1.27 bits per heavy atom. The summed E-state index contributed by atoms with van der Waals surface area (Å²) < 4.78 is 1.88. The van der Waals surface area contributed by atoms with Gasteiger partial charge in [0.1, 0.15) is 0 Å². The summed E-state index contributed by atoms with van der Waals surface area (Å²) in [4.78, 5) is 12.1. The van der Waals surface area contributed by atoms with Crippen molar-refractivity contribution in [3.63, 3.8) is 0 Å². The van der Waals surface area contributed by atoms with E-state index in [1.54, 1.807) is 23.1 Å². The van der Waals surface area contributed by atoms with Gasteiger partial charge in [0.25, 0.3) is 0 Å². The molecule has 0 radical (unpaired) electrons. The second kappa shape index (κ2) is 9.13. The van der Waals surface area contributed by atoms with Crippen molar-refractivity contribution >= 4 is 40.8 Å². The van der Waals surface area contributed by atoms with E-state index in [0.29, 0.717) is 23.6 Å². The van der Waals surface area contributed by atoms with E-state index in [-0.39, 0.29) is 5.91 Å². The lowest BCUT2D eigenvalue weighted by Crippen LogP contribution is -2.41. The molecule has 1 aromatic rings. The molecule has 4 nitrogen and oxygen atoms in total. The third kappa shape index (κ3) is 6.08. The van der Waals surface area contributed by atoms with Crippen LogP contribution in [0.25, 0.3) is 0 Å². The second-order valence-corrected chi connectivity index (χ2v) is 9.73. The summed E-state index contributed by atoms with van der Waals surface area (Å²) in [5.74, 6) is 2.86. The number of thioether (sulfide) groups is 2. The molecule has 2 rings (SSSR count). The number of hydrogen-bond donors (Lipinski definition) is 1. The molecule has 124 valence electrons. The fraction of sp³-hybridized carbons (Fsp3) is 0.800. The Morgan fingerprint density at radius 3 is 2.64 bits per heavy atom. The standard InChI is InChI=1S/C15H25N3OS3/c1-10(2)8-20-14-17-18-15(22-14)21-9-13(19)16-12-7-5-4-6-11(12)3/h10-12H,4-9H2,1-3H3,(H,16,19)/t11-,12-/m1/s1. The van der Waals surface area contributed by atoms with Crippen LogP contribution in [0.5, 0.6) is 0 Å². The molecule has 1 amide bonds. The zero-order chi connectivity index (χ0) is 15.9. The average molecular weight is 360 g/mol. The molecule has 0 bridgehead atoms. The van der Waals surface area contributed by atoms with Crippen molar-refractivity contribution in [3.8, 4) is 0 Å². The molecule has 0 unspecified atom stereocenters. The molecule has 22 heavy (non-hydrogen) atoms. The first-order valence-electron chi connectivity index (χ1n) is 7.93. The first-order chi connectivity index (χ1) is 10.5. The summed E-state index contributed by atoms with van der Waals surface area (Å²) in [6.45, 7) is 6.63. The molecule has 1 saturated carbocycles. The fourth-order valence-electron chi connectivity index (χ4n) is 2.46. The van der Waals surface area contributed by atoms with Crippen molar-refractivity contribution in [2.45, 2.75) is 61.2 Å². The van der Waals surface area contributed by atoms with Gasteiger partial charge in [-0.25, -0.2) is 0 Å². The maximum Gasteiger partial charge on any atom is 0.230 e. The molecule has 0 saturated heterocycles. The Bertz CT molecular complexity index is 478. The van der Waals surface area contributed by atoms with E-state index < -0.39 is 0 Å². The highest BCUT2D eigenvalue weighted by Crippen LogP contribution is 2.30. The van der Waals surface area contributed by atoms with Gasteiger partial charge in [-0.1, -0.05) is 68.5 Å². The van der Waals surface area contributed by atoms with Gasteiger partial charge in [0, 0.05) is 11.8 Å². The predicted molar refractivity (Wildman–Crippen MR) is 95.8 cm³/mol. The molecule has 1 fully saturated rings. The maximum atomic E-state index is 12.1. The van der Waals surface area contributed by atoms with Crippen molar-refractivity contribution in [1.29, 1.82) is 0 Å². The van der Waals surface area contributed by atoms with Crippen LogP contribution in [-0.2, 0) is 4.79 Å². The third-order valence-corrected chi connectivity index (χ3v) is 7.33. The number of aromatic nitrogens is 2. The Morgan fingerprint density at radius 2 is 1.95 bits per heavy atom. The zero-order valence-corrected chi connectivity index (χ0v) is 16.0. The smallest absolute Gasteiger partial charge is 0.230 e. The molecular formula is C15H25N3OS3. The van der Waals surface area contributed by atoms with Crippen molar-refractivity contribution in [1.82, 2.24) is 15.5 Å². The van der Waals surface area contributed by atoms with E-state index in [0.717, 1.165) is 20.9 Å². The number of nitrogens with one attached hydrogen (secondary N) is 1. The number of amides is 1. The zero-order valence-electron chi connectivity index (χ0n) is 13.5. The van der Waals surface area contributed by atoms with Crippen LogP contribution in [0.2, 0.25) is 0 Å². The van der Waals surface area contributed by atoms with Crippen LogP contribution >= 0.6 is 34.9 Å². The van der Waals surface area contributed by atoms with Crippen molar-refractivity contribution in [2.75, 3.05) is 11.5 Å². The van der Waals surface area contributed by atoms with Crippen molar-refractivity contribution < 1.29 is 4.79 Å². The van der Waals surface area contributed by atoms with Crippen molar-refractivity contribution in [3.05, 3.63) is 0 Å². The summed E-state index contributed by atoms with van der Waals surface area (Å²) in [7, 11) is 0. The van der Waals surface area contributed by atoms with Crippen LogP contribution in [0.3, 0.4) is 0 Å². The number of nitrogens with zero attached hydrogens (tertiary/aromatic N) is 2. The van der Waals surface area contributed by atoms with Gasteiger partial charge in [-0.15, -0.1) is 10.2 Å². The molecule has 1 N–H and O–H groups in total. The van der Waals surface area contributed by atoms with E-state index in [1.807, 2.05) is 0 Å². The Labute approximate surface area is 145 Å². The highest BCUT2D eigenvalue weighted by molar-refractivity contribution is 8.03. The molecule has 0 spiro atoms. The summed E-state index contributed by atoms with van der Waals surface area (Å²) >= 11 is 4.82. The number of hydrogen-bond acceptors (Lipinski definition) is 6. The Kier molecular flexibility index (Phi) is 7.50. The van der Waals surface area contributed by atoms with Gasteiger partial charge in [0.05, 0.1) is 5.75 Å². The minimum atomic E-state index is 0.121. The van der Waals surface area contributed by atoms with E-state index in [9.17, 15) is 4.79 Å². The van der Waals surface area contributed by atoms with E-state index in [4.69, 9.17) is 0 Å². The monoisotopic (exact) mass is 359 g/mol. The van der Waals surface area contributed by atoms with Crippen LogP contribution in [0, 0.1) is 11.8 Å². The van der Waals surface area contributed by atoms with Crippen LogP contribution in [-0.4, -0.2) is 33.7 Å². The molecule has 1 aliphatic rings. The SMILES string of the molecule is CC(C)CSc1nnc(SCC(=O)N[C@@H]2CCCC[C@H]2C)s1. The summed E-state index contributed by atoms with van der Waals surface area (Å²) in [5, 5.41) is 11.5. The Hall–Kier alpha value is -0.270. The average Bonchev–Trinajstić information content (AvgIpc) is 2.93. The molecule has 1 aliphatic carbocycles. The quantitative estimate of drug-likeness (QED) is 0.744. The lowest BCUT2D eigenvalue weighted by molar-refractivity contribution is -0.119. The highest BCUT2D eigenvalue weighted by Gasteiger charge is 2.22. The van der Waals surface area contributed by atoms with Gasteiger partial charge in [-0.05, 0) is 24.7 Å². The van der Waals surface area contributed by atoms with Crippen LogP contribution in [0.15, 0.2) is 8.68 Å². The lowest BCUT2D eigenvalue weighted by atomic mass is 9.86. The molecule has 1 aromatic heterocycles. The van der Waals surface area contributed by atoms with E-state index >= 15 is 0 Å². The number of carbonyl (C=O) groups excluding carboxylic acids is 1. The van der Waals surface area contributed by atoms with Gasteiger partial charge < -0.3 is 5.32 Å². The first-order valence-corrected chi connectivity index (χ1v) is 10.7. The Balaban J connectivity index is 1.71. The van der Waals surface area contributed by atoms with Gasteiger partial charge in [-0.3, -0.25) is 4.79 Å². The maximum absolute atomic E-state index is 12.1. The van der Waals surface area contributed by atoms with Gasteiger partial charge in [0.15, 0.2) is 8.68 Å². The largest absolute Gasteiger partial charge is 0.352 e. The summed E-state index contributed by atoms with van der Waals surface area (Å²) in [6.07, 6.45) is 4.87. The minimum absolute atomic E-state index is 0.121. The minimum Gasteiger partial charge on any atom is -0.352 e. The van der Waals surface area contributed by atoms with Gasteiger partial charge in [-0.2, -0.15) is 0 Å². The van der Waals surface area contributed by atoms with Crippen molar-refractivity contribution in [2.24, 2.45) is 11.8 Å². The third-order valence-electron chi connectivity index (χ3n) is 3.71. The van der Waals surface area contributed by atoms with E-state index in [2.05, 4.69) is 36.3 Å². The molecule has 1 heterocycles. The fourth-order valence-corrected chi connectivity index (χ4v) is 5.27. The molecule has 7 heteroatoms. The second-order valence-electron chi connectivity index (χ2n) is 6.26. The molecule has 0 aliphatic heterocycles. The molecular weight excluding hydrogens is 334 g/mol. The normalized spacial score (nSPS) is 22.0. The van der Waals surface area contributed by atoms with Gasteiger partial charge >= 0.3 is 0 Å². The number of rotatable bonds is 7. The van der Waals surface area contributed by atoms with Gasteiger partial charge in [0.2, 0.25) is 5.91 Å². The molecule has 0 aromatic carbocycles. The van der Waals surface area contributed by atoms with Crippen LogP contribution < -0.4 is 5.32 Å². The lowest BCUT2D eigenvalue weighted by Gasteiger charge is -2.29. The highest BCUT2D eigenvalue weighted by atomic mass is 32.2. The molecule has 2 atom stereocenters. The van der Waals surface area contributed by atoms with Crippen LogP contribution in [0.1, 0.15) is 46.5 Å². The summed E-state index contributed by atoms with van der Waals surface area (Å²) in [6, 6.07) is 0.355. The topological polar surface area (TPSA) is 54.9 Å². The predicted octanol–water partition coefficient (Wildman–Crippen LogP) is 4.07.